The zero-order valence-corrected chi connectivity index (χ0v) is 9.93. The molecule has 1 aromatic rings. The van der Waals surface area contributed by atoms with E-state index >= 15 is 0 Å². The Bertz CT molecular complexity index is 405. The molecule has 1 unspecified atom stereocenters. The molecule has 0 radical (unpaired) electrons. The van der Waals surface area contributed by atoms with Crippen LogP contribution in [-0.2, 0) is 4.74 Å². The smallest absolute Gasteiger partial charge is 0.254 e. The van der Waals surface area contributed by atoms with Gasteiger partial charge in [0.25, 0.3) is 5.91 Å². The molecule has 1 amide bonds. The lowest BCUT2D eigenvalue weighted by Gasteiger charge is -2.22. The van der Waals surface area contributed by atoms with Crippen molar-refractivity contribution in [2.75, 3.05) is 19.7 Å². The number of hydrogen-bond donors (Lipinski definition) is 1. The molecule has 1 aromatic carbocycles. The second kappa shape index (κ2) is 5.19. The highest BCUT2D eigenvalue weighted by molar-refractivity contribution is 5.94. The van der Waals surface area contributed by atoms with Gasteiger partial charge in [0.1, 0.15) is 5.75 Å². The van der Waals surface area contributed by atoms with E-state index in [1.165, 1.54) is 6.07 Å². The van der Waals surface area contributed by atoms with Gasteiger partial charge in [0, 0.05) is 25.3 Å². The zero-order valence-electron chi connectivity index (χ0n) is 9.93. The SMILES string of the molecule is CC1CN(C(=O)c2cccc(O)c2)CCCO1. The van der Waals surface area contributed by atoms with Crippen molar-refractivity contribution in [3.05, 3.63) is 29.8 Å². The summed E-state index contributed by atoms with van der Waals surface area (Å²) in [5, 5.41) is 9.37. The summed E-state index contributed by atoms with van der Waals surface area (Å²) in [6.07, 6.45) is 0.924. The number of phenolic OH excluding ortho intramolecular Hbond substituents is 1. The fourth-order valence-electron chi connectivity index (χ4n) is 2.00. The minimum atomic E-state index is -0.0433. The van der Waals surface area contributed by atoms with E-state index in [-0.39, 0.29) is 17.8 Å². The number of aromatic hydroxyl groups is 1. The van der Waals surface area contributed by atoms with Gasteiger partial charge >= 0.3 is 0 Å². The summed E-state index contributed by atoms with van der Waals surface area (Å²) in [5.41, 5.74) is 0.527. The molecule has 1 aliphatic rings. The second-order valence-corrected chi connectivity index (χ2v) is 4.34. The molecular weight excluding hydrogens is 218 g/mol. The van der Waals surface area contributed by atoms with Crippen LogP contribution in [0.1, 0.15) is 23.7 Å². The van der Waals surface area contributed by atoms with E-state index in [0.29, 0.717) is 25.3 Å². The third kappa shape index (κ3) is 2.97. The summed E-state index contributed by atoms with van der Waals surface area (Å²) in [4.78, 5) is 14.0. The van der Waals surface area contributed by atoms with Crippen molar-refractivity contribution in [3.8, 4) is 5.75 Å². The van der Waals surface area contributed by atoms with E-state index in [4.69, 9.17) is 4.74 Å². The Balaban J connectivity index is 2.13. The Morgan fingerprint density at radius 1 is 1.53 bits per heavy atom. The molecule has 1 atom stereocenters. The predicted octanol–water partition coefficient (Wildman–Crippen LogP) is 1.64. The van der Waals surface area contributed by atoms with Crippen molar-refractivity contribution in [2.24, 2.45) is 0 Å². The molecule has 0 aliphatic carbocycles. The van der Waals surface area contributed by atoms with E-state index in [2.05, 4.69) is 0 Å². The highest BCUT2D eigenvalue weighted by Crippen LogP contribution is 2.15. The van der Waals surface area contributed by atoms with Crippen LogP contribution >= 0.6 is 0 Å². The van der Waals surface area contributed by atoms with Gasteiger partial charge < -0.3 is 14.7 Å². The Morgan fingerprint density at radius 2 is 2.35 bits per heavy atom. The lowest BCUT2D eigenvalue weighted by atomic mass is 10.1. The molecule has 1 N–H and O–H groups in total. The summed E-state index contributed by atoms with van der Waals surface area (Å²) in [5.74, 6) is 0.0771. The Kier molecular flexibility index (Phi) is 3.64. The number of ether oxygens (including phenoxy) is 1. The number of carbonyl (C=O) groups excluding carboxylic acids is 1. The number of carbonyl (C=O) groups is 1. The van der Waals surface area contributed by atoms with Gasteiger partial charge in [0.15, 0.2) is 0 Å². The van der Waals surface area contributed by atoms with Crippen molar-refractivity contribution < 1.29 is 14.6 Å². The van der Waals surface area contributed by atoms with Crippen LogP contribution in [0.15, 0.2) is 24.3 Å². The molecule has 4 heteroatoms. The van der Waals surface area contributed by atoms with Crippen molar-refractivity contribution in [2.45, 2.75) is 19.4 Å². The summed E-state index contributed by atoms with van der Waals surface area (Å²) < 4.78 is 5.50. The molecule has 92 valence electrons. The first kappa shape index (κ1) is 11.9. The summed E-state index contributed by atoms with van der Waals surface area (Å²) in [6, 6.07) is 6.46. The highest BCUT2D eigenvalue weighted by Gasteiger charge is 2.21. The number of amides is 1. The van der Waals surface area contributed by atoms with E-state index < -0.39 is 0 Å². The molecule has 1 saturated heterocycles. The standard InChI is InChI=1S/C13H17NO3/c1-10-9-14(6-3-7-17-10)13(16)11-4-2-5-12(15)8-11/h2,4-5,8,10,15H,3,6-7,9H2,1H3. The maximum atomic E-state index is 12.2. The summed E-state index contributed by atoms with van der Waals surface area (Å²) in [7, 11) is 0. The molecule has 17 heavy (non-hydrogen) atoms. The molecule has 0 aromatic heterocycles. The lowest BCUT2D eigenvalue weighted by Crippen LogP contribution is -2.35. The average molecular weight is 235 g/mol. The van der Waals surface area contributed by atoms with Gasteiger partial charge in [0.05, 0.1) is 6.10 Å². The van der Waals surface area contributed by atoms with Gasteiger partial charge in [-0.25, -0.2) is 0 Å². The fourth-order valence-corrected chi connectivity index (χ4v) is 2.00. The molecular formula is C13H17NO3. The molecule has 1 aliphatic heterocycles. The summed E-state index contributed by atoms with van der Waals surface area (Å²) in [6.45, 7) is 3.98. The van der Waals surface area contributed by atoms with Crippen molar-refractivity contribution in [1.29, 1.82) is 0 Å². The monoisotopic (exact) mass is 235 g/mol. The topological polar surface area (TPSA) is 49.8 Å². The predicted molar refractivity (Wildman–Crippen MR) is 64.0 cm³/mol. The number of nitrogens with zero attached hydrogens (tertiary/aromatic N) is 1. The molecule has 0 saturated carbocycles. The maximum absolute atomic E-state index is 12.2. The van der Waals surface area contributed by atoms with Crippen LogP contribution in [0.4, 0.5) is 0 Å². The van der Waals surface area contributed by atoms with Crippen molar-refractivity contribution in [3.63, 3.8) is 0 Å². The normalized spacial score (nSPS) is 21.0. The van der Waals surface area contributed by atoms with Gasteiger partial charge in [-0.1, -0.05) is 6.07 Å². The van der Waals surface area contributed by atoms with Crippen LogP contribution in [0.3, 0.4) is 0 Å². The van der Waals surface area contributed by atoms with E-state index in [1.54, 1.807) is 23.1 Å². The van der Waals surface area contributed by atoms with Crippen LogP contribution in [0.5, 0.6) is 5.75 Å². The van der Waals surface area contributed by atoms with Crippen LogP contribution in [0, 0.1) is 0 Å². The first-order valence-corrected chi connectivity index (χ1v) is 5.87. The third-order valence-corrected chi connectivity index (χ3v) is 2.83. The first-order chi connectivity index (χ1) is 8.16. The van der Waals surface area contributed by atoms with Gasteiger partial charge in [-0.3, -0.25) is 4.79 Å². The Labute approximate surface area is 101 Å². The van der Waals surface area contributed by atoms with Gasteiger partial charge in [0.2, 0.25) is 0 Å². The van der Waals surface area contributed by atoms with Crippen molar-refractivity contribution in [1.82, 2.24) is 4.90 Å². The van der Waals surface area contributed by atoms with Crippen LogP contribution in [0.2, 0.25) is 0 Å². The van der Waals surface area contributed by atoms with Crippen LogP contribution < -0.4 is 0 Å². The van der Waals surface area contributed by atoms with Crippen molar-refractivity contribution >= 4 is 5.91 Å². The second-order valence-electron chi connectivity index (χ2n) is 4.34. The number of benzene rings is 1. The zero-order chi connectivity index (χ0) is 12.3. The maximum Gasteiger partial charge on any atom is 0.254 e. The molecule has 1 heterocycles. The largest absolute Gasteiger partial charge is 0.508 e. The molecule has 0 bridgehead atoms. The highest BCUT2D eigenvalue weighted by atomic mass is 16.5. The van der Waals surface area contributed by atoms with Crippen LogP contribution in [-0.4, -0.2) is 41.7 Å². The van der Waals surface area contributed by atoms with E-state index in [9.17, 15) is 9.90 Å². The molecule has 1 fully saturated rings. The minimum absolute atomic E-state index is 0.0433. The van der Waals surface area contributed by atoms with Gasteiger partial charge in [-0.05, 0) is 31.5 Å². The molecule has 0 spiro atoms. The quantitative estimate of drug-likeness (QED) is 0.805. The fraction of sp³-hybridized carbons (Fsp3) is 0.462. The minimum Gasteiger partial charge on any atom is -0.508 e. The number of rotatable bonds is 1. The molecule has 2 rings (SSSR count). The number of phenols is 1. The van der Waals surface area contributed by atoms with E-state index in [0.717, 1.165) is 6.42 Å². The Morgan fingerprint density at radius 3 is 3.12 bits per heavy atom. The third-order valence-electron chi connectivity index (χ3n) is 2.83. The first-order valence-electron chi connectivity index (χ1n) is 5.87. The lowest BCUT2D eigenvalue weighted by molar-refractivity contribution is 0.0562. The van der Waals surface area contributed by atoms with Gasteiger partial charge in [-0.15, -0.1) is 0 Å². The van der Waals surface area contributed by atoms with Gasteiger partial charge in [-0.2, -0.15) is 0 Å². The Hall–Kier alpha value is -1.55. The molecule has 4 nitrogen and oxygen atoms in total. The summed E-state index contributed by atoms with van der Waals surface area (Å²) >= 11 is 0. The van der Waals surface area contributed by atoms with E-state index in [1.807, 2.05) is 6.92 Å². The average Bonchev–Trinajstić information content (AvgIpc) is 2.53. The van der Waals surface area contributed by atoms with Crippen LogP contribution in [0.25, 0.3) is 0 Å². The number of hydrogen-bond acceptors (Lipinski definition) is 3.